The molecule has 1 N–H and O–H groups in total. The van der Waals surface area contributed by atoms with Crippen LogP contribution in [0.25, 0.3) is 0 Å². The summed E-state index contributed by atoms with van der Waals surface area (Å²) < 4.78 is 39.0. The fourth-order valence-electron chi connectivity index (χ4n) is 2.06. The molecule has 2 aromatic rings. The summed E-state index contributed by atoms with van der Waals surface area (Å²) in [6.45, 7) is 3.99. The summed E-state index contributed by atoms with van der Waals surface area (Å²) in [5.74, 6) is 0.190. The molecule has 0 bridgehead atoms. The van der Waals surface area contributed by atoms with Gasteiger partial charge in [-0.1, -0.05) is 32.0 Å². The fourth-order valence-corrected chi connectivity index (χ4v) is 3.01. The highest BCUT2D eigenvalue weighted by Gasteiger charge is 2.34. The van der Waals surface area contributed by atoms with Gasteiger partial charge in [-0.25, -0.2) is 0 Å². The number of anilines is 1. The Bertz CT molecular complexity index is 546. The van der Waals surface area contributed by atoms with Gasteiger partial charge >= 0.3 is 6.18 Å². The third-order valence-electron chi connectivity index (χ3n) is 3.06. The van der Waals surface area contributed by atoms with Gasteiger partial charge in [0, 0.05) is 10.6 Å². The van der Waals surface area contributed by atoms with E-state index in [1.807, 2.05) is 31.4 Å². The van der Waals surface area contributed by atoms with Crippen LogP contribution in [0, 0.1) is 5.92 Å². The number of hydrogen-bond donors (Lipinski definition) is 1. The Kier molecular flexibility index (Phi) is 4.38. The minimum absolute atomic E-state index is 0.126. The summed E-state index contributed by atoms with van der Waals surface area (Å²) >= 11 is 1.55. The molecule has 0 spiro atoms. The number of nitrogens with one attached hydrogen (secondary N) is 1. The zero-order chi connectivity index (χ0) is 14.8. The molecule has 0 aliphatic heterocycles. The average Bonchev–Trinajstić information content (AvgIpc) is 2.88. The molecule has 0 aliphatic carbocycles. The maximum atomic E-state index is 13.0. The Morgan fingerprint density at radius 3 is 2.30 bits per heavy atom. The summed E-state index contributed by atoms with van der Waals surface area (Å²) in [6.07, 6.45) is -4.35. The molecule has 1 unspecified atom stereocenters. The Morgan fingerprint density at radius 1 is 1.05 bits per heavy atom. The molecule has 1 heterocycles. The van der Waals surface area contributed by atoms with Crippen LogP contribution in [0.2, 0.25) is 0 Å². The van der Waals surface area contributed by atoms with Crippen LogP contribution < -0.4 is 5.32 Å². The molecule has 0 saturated heterocycles. The summed E-state index contributed by atoms with van der Waals surface area (Å²) in [5.41, 5.74) is -0.491. The first-order valence-electron chi connectivity index (χ1n) is 6.35. The fraction of sp³-hybridized carbons (Fsp3) is 0.333. The third kappa shape index (κ3) is 3.33. The zero-order valence-corrected chi connectivity index (χ0v) is 12.1. The minimum Gasteiger partial charge on any atom is -0.377 e. The van der Waals surface area contributed by atoms with Crippen molar-refractivity contribution >= 4 is 17.0 Å². The van der Waals surface area contributed by atoms with E-state index in [2.05, 4.69) is 5.32 Å². The highest BCUT2D eigenvalue weighted by molar-refractivity contribution is 7.10. The number of para-hydroxylation sites is 1. The van der Waals surface area contributed by atoms with Crippen molar-refractivity contribution in [1.29, 1.82) is 0 Å². The maximum absolute atomic E-state index is 13.0. The van der Waals surface area contributed by atoms with E-state index in [1.54, 1.807) is 17.4 Å². The van der Waals surface area contributed by atoms with E-state index < -0.39 is 11.7 Å². The summed E-state index contributed by atoms with van der Waals surface area (Å²) in [4.78, 5) is 1.04. The van der Waals surface area contributed by atoms with E-state index in [1.165, 1.54) is 12.1 Å². The number of alkyl halides is 3. The van der Waals surface area contributed by atoms with Crippen molar-refractivity contribution in [2.75, 3.05) is 5.32 Å². The van der Waals surface area contributed by atoms with Crippen molar-refractivity contribution in [3.63, 3.8) is 0 Å². The van der Waals surface area contributed by atoms with Gasteiger partial charge < -0.3 is 5.32 Å². The lowest BCUT2D eigenvalue weighted by atomic mass is 10.0. The number of halogens is 3. The first-order valence-corrected chi connectivity index (χ1v) is 7.23. The van der Waals surface area contributed by atoms with Crippen molar-refractivity contribution in [1.82, 2.24) is 0 Å². The van der Waals surface area contributed by atoms with Gasteiger partial charge in [0.05, 0.1) is 11.6 Å². The van der Waals surface area contributed by atoms with Gasteiger partial charge in [0.1, 0.15) is 0 Å². The van der Waals surface area contributed by atoms with Gasteiger partial charge in [-0.05, 0) is 29.5 Å². The summed E-state index contributed by atoms with van der Waals surface area (Å²) in [5, 5.41) is 4.98. The molecule has 2 rings (SSSR count). The van der Waals surface area contributed by atoms with Crippen LogP contribution in [-0.2, 0) is 6.18 Å². The lowest BCUT2D eigenvalue weighted by Crippen LogP contribution is -2.18. The predicted octanol–water partition coefficient (Wildman–Crippen LogP) is 5.58. The average molecular weight is 299 g/mol. The molecule has 1 aromatic carbocycles. The summed E-state index contributed by atoms with van der Waals surface area (Å²) in [7, 11) is 0. The normalized spacial score (nSPS) is 13.5. The van der Waals surface area contributed by atoms with Crippen molar-refractivity contribution in [3.8, 4) is 0 Å². The van der Waals surface area contributed by atoms with Gasteiger partial charge in [-0.2, -0.15) is 13.2 Å². The van der Waals surface area contributed by atoms with Gasteiger partial charge in [0.2, 0.25) is 0 Å². The molecule has 108 valence electrons. The minimum atomic E-state index is -4.35. The van der Waals surface area contributed by atoms with E-state index in [0.29, 0.717) is 0 Å². The molecule has 0 saturated carbocycles. The second kappa shape index (κ2) is 5.87. The van der Waals surface area contributed by atoms with Gasteiger partial charge in [0.15, 0.2) is 0 Å². The number of thiophene rings is 1. The van der Waals surface area contributed by atoms with E-state index in [4.69, 9.17) is 0 Å². The predicted molar refractivity (Wildman–Crippen MR) is 77.0 cm³/mol. The number of hydrogen-bond acceptors (Lipinski definition) is 2. The van der Waals surface area contributed by atoms with Crippen LogP contribution in [0.1, 0.15) is 30.3 Å². The van der Waals surface area contributed by atoms with Gasteiger partial charge in [-0.15, -0.1) is 11.3 Å². The molecule has 1 aromatic heterocycles. The smallest absolute Gasteiger partial charge is 0.377 e. The highest BCUT2D eigenvalue weighted by atomic mass is 32.1. The lowest BCUT2D eigenvalue weighted by Gasteiger charge is -2.24. The van der Waals surface area contributed by atoms with E-state index in [-0.39, 0.29) is 17.6 Å². The standard InChI is InChI=1S/C15H16F3NS/c1-10(2)14(13-8-5-9-20-13)19-12-7-4-3-6-11(12)15(16,17)18/h3-10,14,19H,1-2H3. The second-order valence-corrected chi connectivity index (χ2v) is 5.90. The first-order chi connectivity index (χ1) is 9.39. The van der Waals surface area contributed by atoms with Gasteiger partial charge in [0.25, 0.3) is 0 Å². The number of benzene rings is 1. The Labute approximate surface area is 120 Å². The van der Waals surface area contributed by atoms with Crippen LogP contribution in [0.15, 0.2) is 41.8 Å². The second-order valence-electron chi connectivity index (χ2n) is 4.92. The summed E-state index contributed by atoms with van der Waals surface area (Å²) in [6, 6.07) is 9.33. The largest absolute Gasteiger partial charge is 0.418 e. The SMILES string of the molecule is CC(C)C(Nc1ccccc1C(F)(F)F)c1cccs1. The molecular weight excluding hydrogens is 283 g/mol. The molecule has 0 fully saturated rings. The maximum Gasteiger partial charge on any atom is 0.418 e. The van der Waals surface area contributed by atoms with E-state index >= 15 is 0 Å². The van der Waals surface area contributed by atoms with Gasteiger partial charge in [-0.3, -0.25) is 0 Å². The van der Waals surface area contributed by atoms with Crippen LogP contribution >= 0.6 is 11.3 Å². The van der Waals surface area contributed by atoms with Crippen molar-refractivity contribution in [2.45, 2.75) is 26.1 Å². The van der Waals surface area contributed by atoms with Crippen molar-refractivity contribution < 1.29 is 13.2 Å². The molecule has 1 nitrogen and oxygen atoms in total. The van der Waals surface area contributed by atoms with Crippen LogP contribution in [0.5, 0.6) is 0 Å². The zero-order valence-electron chi connectivity index (χ0n) is 11.2. The topological polar surface area (TPSA) is 12.0 Å². The first kappa shape index (κ1) is 14.9. The van der Waals surface area contributed by atoms with Crippen molar-refractivity contribution in [2.24, 2.45) is 5.92 Å². The molecule has 0 radical (unpaired) electrons. The molecular formula is C15H16F3NS. The molecule has 5 heteroatoms. The Morgan fingerprint density at radius 2 is 1.75 bits per heavy atom. The quantitative estimate of drug-likeness (QED) is 0.777. The van der Waals surface area contributed by atoms with Crippen LogP contribution in [0.3, 0.4) is 0 Å². The van der Waals surface area contributed by atoms with E-state index in [9.17, 15) is 13.2 Å². The Balaban J connectivity index is 2.33. The lowest BCUT2D eigenvalue weighted by molar-refractivity contribution is -0.137. The Hall–Kier alpha value is -1.49. The van der Waals surface area contributed by atoms with Crippen LogP contribution in [0.4, 0.5) is 18.9 Å². The highest BCUT2D eigenvalue weighted by Crippen LogP contribution is 2.37. The number of rotatable bonds is 4. The van der Waals surface area contributed by atoms with Crippen LogP contribution in [-0.4, -0.2) is 0 Å². The molecule has 20 heavy (non-hydrogen) atoms. The van der Waals surface area contributed by atoms with Crippen molar-refractivity contribution in [3.05, 3.63) is 52.2 Å². The van der Waals surface area contributed by atoms with E-state index in [0.717, 1.165) is 10.9 Å². The molecule has 0 amide bonds. The molecule has 0 aliphatic rings. The third-order valence-corrected chi connectivity index (χ3v) is 4.02. The monoisotopic (exact) mass is 299 g/mol. The molecule has 1 atom stereocenters.